The summed E-state index contributed by atoms with van der Waals surface area (Å²) in [5.41, 5.74) is 7.07. The lowest BCUT2D eigenvalue weighted by molar-refractivity contribution is -0.119. The third kappa shape index (κ3) is 3.03. The summed E-state index contributed by atoms with van der Waals surface area (Å²) in [6.07, 6.45) is 3.02. The number of nitrogens with one attached hydrogen (secondary N) is 1. The topological polar surface area (TPSA) is 85.8 Å². The molecule has 1 atom stereocenters. The van der Waals surface area contributed by atoms with Gasteiger partial charge in [-0.25, -0.2) is 9.67 Å². The van der Waals surface area contributed by atoms with Gasteiger partial charge in [0.1, 0.15) is 12.7 Å². The van der Waals surface area contributed by atoms with Gasteiger partial charge in [0.2, 0.25) is 5.91 Å². The molecule has 0 saturated heterocycles. The lowest BCUT2D eigenvalue weighted by Crippen LogP contribution is -2.45. The highest BCUT2D eigenvalue weighted by Crippen LogP contribution is 2.22. The molecule has 2 aromatic rings. The minimum Gasteiger partial charge on any atom is -0.323 e. The SMILES string of the molecule is CC(C)(C)[C@@H](N)C(=O)Nc1ccccc1-n1cncn1. The Balaban J connectivity index is 2.25. The highest BCUT2D eigenvalue weighted by Gasteiger charge is 2.27. The standard InChI is InChI=1S/C14H19N5O/c1-14(2,3)12(15)13(20)18-10-6-4-5-7-11(10)19-9-16-8-17-19/h4-9,12H,15H2,1-3H3,(H,18,20)/t12-/m0/s1. The molecule has 0 radical (unpaired) electrons. The van der Waals surface area contributed by atoms with Gasteiger partial charge in [-0.05, 0) is 17.5 Å². The van der Waals surface area contributed by atoms with Gasteiger partial charge >= 0.3 is 0 Å². The van der Waals surface area contributed by atoms with Gasteiger partial charge in [-0.2, -0.15) is 5.10 Å². The van der Waals surface area contributed by atoms with Crippen molar-refractivity contribution < 1.29 is 4.79 Å². The third-order valence-corrected chi connectivity index (χ3v) is 3.04. The van der Waals surface area contributed by atoms with Crippen LogP contribution in [-0.4, -0.2) is 26.7 Å². The Kier molecular flexibility index (Phi) is 3.85. The molecule has 0 spiro atoms. The number of anilines is 1. The van der Waals surface area contributed by atoms with Gasteiger partial charge in [-0.15, -0.1) is 0 Å². The molecule has 1 heterocycles. The molecule has 0 bridgehead atoms. The number of carbonyl (C=O) groups excluding carboxylic acids is 1. The second kappa shape index (κ2) is 5.42. The van der Waals surface area contributed by atoms with E-state index in [-0.39, 0.29) is 11.3 Å². The number of nitrogens with zero attached hydrogens (tertiary/aromatic N) is 3. The smallest absolute Gasteiger partial charge is 0.241 e. The normalized spacial score (nSPS) is 13.0. The van der Waals surface area contributed by atoms with Crippen LogP contribution < -0.4 is 11.1 Å². The second-order valence-electron chi connectivity index (χ2n) is 5.69. The fraction of sp³-hybridized carbons (Fsp3) is 0.357. The van der Waals surface area contributed by atoms with Crippen LogP contribution in [-0.2, 0) is 4.79 Å². The molecule has 2 rings (SSSR count). The van der Waals surface area contributed by atoms with Crippen LogP contribution in [0.1, 0.15) is 20.8 Å². The summed E-state index contributed by atoms with van der Waals surface area (Å²) >= 11 is 0. The van der Waals surface area contributed by atoms with Crippen LogP contribution in [0.3, 0.4) is 0 Å². The summed E-state index contributed by atoms with van der Waals surface area (Å²) in [4.78, 5) is 16.1. The van der Waals surface area contributed by atoms with Crippen LogP contribution in [0, 0.1) is 5.41 Å². The van der Waals surface area contributed by atoms with Gasteiger partial charge in [0.15, 0.2) is 0 Å². The monoisotopic (exact) mass is 273 g/mol. The molecule has 0 aliphatic heterocycles. The van der Waals surface area contributed by atoms with Crippen LogP contribution in [0.5, 0.6) is 0 Å². The van der Waals surface area contributed by atoms with Crippen LogP contribution in [0.4, 0.5) is 5.69 Å². The number of hydrogen-bond acceptors (Lipinski definition) is 4. The first-order valence-electron chi connectivity index (χ1n) is 6.40. The largest absolute Gasteiger partial charge is 0.323 e. The van der Waals surface area contributed by atoms with Crippen molar-refractivity contribution in [3.63, 3.8) is 0 Å². The molecule has 0 aliphatic rings. The Labute approximate surface area is 118 Å². The van der Waals surface area contributed by atoms with Crippen LogP contribution in [0.25, 0.3) is 5.69 Å². The Morgan fingerprint density at radius 1 is 1.35 bits per heavy atom. The molecular weight excluding hydrogens is 254 g/mol. The summed E-state index contributed by atoms with van der Waals surface area (Å²) in [6.45, 7) is 5.79. The van der Waals surface area contributed by atoms with Crippen LogP contribution >= 0.6 is 0 Å². The van der Waals surface area contributed by atoms with Crippen LogP contribution in [0.2, 0.25) is 0 Å². The predicted octanol–water partition coefficient (Wildman–Crippen LogP) is 1.58. The zero-order chi connectivity index (χ0) is 14.8. The van der Waals surface area contributed by atoms with Gasteiger partial charge in [-0.1, -0.05) is 32.9 Å². The Morgan fingerprint density at radius 3 is 2.65 bits per heavy atom. The molecule has 3 N–H and O–H groups in total. The molecule has 0 fully saturated rings. The summed E-state index contributed by atoms with van der Waals surface area (Å²) in [5.74, 6) is -0.218. The summed E-state index contributed by atoms with van der Waals surface area (Å²) in [7, 11) is 0. The molecule has 6 heteroatoms. The highest BCUT2D eigenvalue weighted by molar-refractivity contribution is 5.96. The zero-order valence-corrected chi connectivity index (χ0v) is 11.9. The Bertz CT molecular complexity index is 586. The van der Waals surface area contributed by atoms with E-state index in [1.54, 1.807) is 11.0 Å². The van der Waals surface area contributed by atoms with Crippen molar-refractivity contribution in [2.75, 3.05) is 5.32 Å². The first-order chi connectivity index (χ1) is 9.39. The summed E-state index contributed by atoms with van der Waals surface area (Å²) in [5, 5.41) is 6.92. The van der Waals surface area contributed by atoms with E-state index in [2.05, 4.69) is 15.4 Å². The van der Waals surface area contributed by atoms with E-state index in [0.717, 1.165) is 5.69 Å². The number of amides is 1. The third-order valence-electron chi connectivity index (χ3n) is 3.04. The lowest BCUT2D eigenvalue weighted by Gasteiger charge is -2.26. The lowest BCUT2D eigenvalue weighted by atomic mass is 9.87. The number of carbonyl (C=O) groups is 1. The van der Waals surface area contributed by atoms with Crippen molar-refractivity contribution >= 4 is 11.6 Å². The maximum atomic E-state index is 12.2. The van der Waals surface area contributed by atoms with Gasteiger partial charge in [0.25, 0.3) is 0 Å². The molecule has 0 saturated carbocycles. The molecular formula is C14H19N5O. The van der Waals surface area contributed by atoms with Crippen molar-refractivity contribution in [2.24, 2.45) is 11.1 Å². The number of rotatable bonds is 3. The van der Waals surface area contributed by atoms with Crippen molar-refractivity contribution in [1.82, 2.24) is 14.8 Å². The van der Waals surface area contributed by atoms with Crippen LogP contribution in [0.15, 0.2) is 36.9 Å². The number of hydrogen-bond donors (Lipinski definition) is 2. The molecule has 1 amide bonds. The van der Waals surface area contributed by atoms with Crippen molar-refractivity contribution in [1.29, 1.82) is 0 Å². The van der Waals surface area contributed by atoms with E-state index in [1.165, 1.54) is 6.33 Å². The molecule has 1 aromatic carbocycles. The molecule has 1 aromatic heterocycles. The molecule has 106 valence electrons. The van der Waals surface area contributed by atoms with E-state index in [0.29, 0.717) is 5.69 Å². The van der Waals surface area contributed by atoms with Gasteiger partial charge in [0, 0.05) is 0 Å². The average Bonchev–Trinajstić information content (AvgIpc) is 2.91. The zero-order valence-electron chi connectivity index (χ0n) is 11.9. The van der Waals surface area contributed by atoms with Crippen molar-refractivity contribution in [2.45, 2.75) is 26.8 Å². The van der Waals surface area contributed by atoms with Crippen molar-refractivity contribution in [3.8, 4) is 5.69 Å². The van der Waals surface area contributed by atoms with Gasteiger partial charge < -0.3 is 11.1 Å². The molecule has 20 heavy (non-hydrogen) atoms. The summed E-state index contributed by atoms with van der Waals surface area (Å²) < 4.78 is 1.60. The summed E-state index contributed by atoms with van der Waals surface area (Å²) in [6, 6.07) is 6.79. The minimum atomic E-state index is -0.591. The number of aromatic nitrogens is 3. The van der Waals surface area contributed by atoms with Gasteiger partial charge in [0.05, 0.1) is 17.4 Å². The number of nitrogens with two attached hydrogens (primary N) is 1. The fourth-order valence-corrected chi connectivity index (χ4v) is 1.72. The average molecular weight is 273 g/mol. The Morgan fingerprint density at radius 2 is 2.05 bits per heavy atom. The minimum absolute atomic E-state index is 0.218. The molecule has 6 nitrogen and oxygen atoms in total. The maximum absolute atomic E-state index is 12.2. The van der Waals surface area contributed by atoms with E-state index in [9.17, 15) is 4.79 Å². The first-order valence-corrected chi connectivity index (χ1v) is 6.40. The Hall–Kier alpha value is -2.21. The predicted molar refractivity (Wildman–Crippen MR) is 77.4 cm³/mol. The van der Waals surface area contributed by atoms with Gasteiger partial charge in [-0.3, -0.25) is 4.79 Å². The molecule has 0 aliphatic carbocycles. The maximum Gasteiger partial charge on any atom is 0.241 e. The number of benzene rings is 1. The molecule has 0 unspecified atom stereocenters. The number of para-hydroxylation sites is 2. The van der Waals surface area contributed by atoms with E-state index < -0.39 is 6.04 Å². The second-order valence-corrected chi connectivity index (χ2v) is 5.69. The van der Waals surface area contributed by atoms with E-state index in [1.807, 2.05) is 45.0 Å². The fourth-order valence-electron chi connectivity index (χ4n) is 1.72. The first kappa shape index (κ1) is 14.2. The van der Waals surface area contributed by atoms with E-state index in [4.69, 9.17) is 5.73 Å². The van der Waals surface area contributed by atoms with E-state index >= 15 is 0 Å². The quantitative estimate of drug-likeness (QED) is 0.889. The highest BCUT2D eigenvalue weighted by atomic mass is 16.2. The van der Waals surface area contributed by atoms with Crippen molar-refractivity contribution in [3.05, 3.63) is 36.9 Å².